The second-order valence-electron chi connectivity index (χ2n) is 6.13. The van der Waals surface area contributed by atoms with Gasteiger partial charge < -0.3 is 4.74 Å². The molecule has 1 N–H and O–H groups in total. The lowest BCUT2D eigenvalue weighted by molar-refractivity contribution is 0.342. The molecule has 0 amide bonds. The molecule has 0 bridgehead atoms. The summed E-state index contributed by atoms with van der Waals surface area (Å²) in [5.41, 5.74) is 1.57. The number of para-hydroxylation sites is 3. The highest BCUT2D eigenvalue weighted by Crippen LogP contribution is 2.33. The van der Waals surface area contributed by atoms with Gasteiger partial charge in [-0.25, -0.2) is 13.1 Å². The Morgan fingerprint density at radius 3 is 2.52 bits per heavy atom. The minimum atomic E-state index is -3.90. The van der Waals surface area contributed by atoms with Gasteiger partial charge in [-0.2, -0.15) is 5.10 Å². The number of ether oxygens (including phenoxy) is 1. The van der Waals surface area contributed by atoms with Crippen LogP contribution >= 0.6 is 11.3 Å². The standard InChI is InChI=1S/C21H19N3O3S2/c1-2-27-18-12-7-6-11-17(18)23-29(25,26)20-15-24(16-9-4-3-5-10-16)22-21(20)19-13-8-14-28-19/h3-15,23H,2H2,1H3. The number of nitrogens with zero attached hydrogens (tertiary/aromatic N) is 2. The molecule has 29 heavy (non-hydrogen) atoms. The third-order valence-corrected chi connectivity index (χ3v) is 6.42. The third kappa shape index (κ3) is 4.03. The Morgan fingerprint density at radius 1 is 1.03 bits per heavy atom. The lowest BCUT2D eigenvalue weighted by atomic mass is 10.3. The monoisotopic (exact) mass is 425 g/mol. The molecule has 148 valence electrons. The lowest BCUT2D eigenvalue weighted by Crippen LogP contribution is -2.14. The van der Waals surface area contributed by atoms with Crippen LogP contribution in [0.25, 0.3) is 16.3 Å². The third-order valence-electron chi connectivity index (χ3n) is 4.18. The quantitative estimate of drug-likeness (QED) is 0.462. The van der Waals surface area contributed by atoms with Gasteiger partial charge in [0.1, 0.15) is 16.3 Å². The van der Waals surface area contributed by atoms with E-state index in [0.717, 1.165) is 10.6 Å². The van der Waals surface area contributed by atoms with Crippen molar-refractivity contribution in [3.63, 3.8) is 0 Å². The zero-order chi connectivity index (χ0) is 20.3. The topological polar surface area (TPSA) is 73.2 Å². The van der Waals surface area contributed by atoms with Crippen molar-refractivity contribution >= 4 is 27.0 Å². The van der Waals surface area contributed by atoms with Crippen LogP contribution < -0.4 is 9.46 Å². The fourth-order valence-electron chi connectivity index (χ4n) is 2.88. The minimum absolute atomic E-state index is 0.107. The van der Waals surface area contributed by atoms with E-state index < -0.39 is 10.0 Å². The van der Waals surface area contributed by atoms with E-state index in [4.69, 9.17) is 4.74 Å². The molecule has 0 saturated carbocycles. The first-order valence-corrected chi connectivity index (χ1v) is 11.4. The maximum absolute atomic E-state index is 13.3. The predicted octanol–water partition coefficient (Wildman–Crippen LogP) is 4.80. The highest BCUT2D eigenvalue weighted by atomic mass is 32.2. The van der Waals surface area contributed by atoms with Gasteiger partial charge in [-0.3, -0.25) is 4.72 Å². The maximum atomic E-state index is 13.3. The number of sulfonamides is 1. The fourth-order valence-corrected chi connectivity index (χ4v) is 4.88. The second kappa shape index (κ2) is 8.10. The molecule has 0 aliphatic rings. The largest absolute Gasteiger partial charge is 0.492 e. The molecule has 2 heterocycles. The Kier molecular flexibility index (Phi) is 5.37. The predicted molar refractivity (Wildman–Crippen MR) is 115 cm³/mol. The number of nitrogens with one attached hydrogen (secondary N) is 1. The molecule has 0 unspecified atom stereocenters. The van der Waals surface area contributed by atoms with Crippen LogP contribution in [-0.2, 0) is 10.0 Å². The molecular formula is C21H19N3O3S2. The van der Waals surface area contributed by atoms with Gasteiger partial charge in [0.25, 0.3) is 10.0 Å². The van der Waals surface area contributed by atoms with E-state index in [2.05, 4.69) is 9.82 Å². The maximum Gasteiger partial charge on any atom is 0.265 e. The molecule has 0 aliphatic carbocycles. The summed E-state index contributed by atoms with van der Waals surface area (Å²) in [5.74, 6) is 0.478. The smallest absolute Gasteiger partial charge is 0.265 e. The zero-order valence-electron chi connectivity index (χ0n) is 15.6. The summed E-state index contributed by atoms with van der Waals surface area (Å²) in [5, 5.41) is 6.46. The molecule has 2 aromatic heterocycles. The van der Waals surface area contributed by atoms with Gasteiger partial charge in [-0.15, -0.1) is 11.3 Å². The number of hydrogen-bond acceptors (Lipinski definition) is 5. The number of hydrogen-bond donors (Lipinski definition) is 1. The average molecular weight is 426 g/mol. The number of benzene rings is 2. The van der Waals surface area contributed by atoms with Crippen molar-refractivity contribution in [2.75, 3.05) is 11.3 Å². The van der Waals surface area contributed by atoms with E-state index in [9.17, 15) is 8.42 Å². The number of anilines is 1. The molecule has 0 aliphatic heterocycles. The number of aromatic nitrogens is 2. The van der Waals surface area contributed by atoms with Crippen LogP contribution in [-0.4, -0.2) is 24.8 Å². The van der Waals surface area contributed by atoms with Crippen LogP contribution in [0.4, 0.5) is 5.69 Å². The summed E-state index contributed by atoms with van der Waals surface area (Å²) < 4.78 is 36.4. The highest BCUT2D eigenvalue weighted by molar-refractivity contribution is 7.92. The number of rotatable bonds is 7. The van der Waals surface area contributed by atoms with E-state index in [1.54, 1.807) is 28.9 Å². The van der Waals surface area contributed by atoms with Crippen LogP contribution in [0.2, 0.25) is 0 Å². The Labute approximate surface area is 173 Å². The SMILES string of the molecule is CCOc1ccccc1NS(=O)(=O)c1cn(-c2ccccc2)nc1-c1cccs1. The van der Waals surface area contributed by atoms with Crippen LogP contribution in [0.1, 0.15) is 6.92 Å². The molecule has 0 spiro atoms. The van der Waals surface area contributed by atoms with E-state index >= 15 is 0 Å². The summed E-state index contributed by atoms with van der Waals surface area (Å²) in [4.78, 5) is 0.883. The van der Waals surface area contributed by atoms with E-state index in [-0.39, 0.29) is 4.90 Å². The molecule has 2 aromatic carbocycles. The fraction of sp³-hybridized carbons (Fsp3) is 0.0952. The molecule has 4 rings (SSSR count). The van der Waals surface area contributed by atoms with Crippen molar-refractivity contribution in [2.45, 2.75) is 11.8 Å². The Balaban J connectivity index is 1.80. The van der Waals surface area contributed by atoms with E-state index in [0.29, 0.717) is 23.7 Å². The summed E-state index contributed by atoms with van der Waals surface area (Å²) in [7, 11) is -3.90. The van der Waals surface area contributed by atoms with Crippen molar-refractivity contribution in [3.8, 4) is 22.0 Å². The van der Waals surface area contributed by atoms with Gasteiger partial charge in [0, 0.05) is 0 Å². The molecule has 0 radical (unpaired) electrons. The molecule has 0 atom stereocenters. The van der Waals surface area contributed by atoms with Crippen LogP contribution in [0.3, 0.4) is 0 Å². The van der Waals surface area contributed by atoms with Crippen LogP contribution in [0.15, 0.2) is 83.2 Å². The van der Waals surface area contributed by atoms with Gasteiger partial charge in [-0.1, -0.05) is 36.4 Å². The molecule has 0 saturated heterocycles. The first-order chi connectivity index (χ1) is 14.1. The van der Waals surface area contributed by atoms with E-state index in [1.807, 2.05) is 54.8 Å². The molecule has 4 aromatic rings. The average Bonchev–Trinajstić information content (AvgIpc) is 3.40. The molecular weight excluding hydrogens is 406 g/mol. The molecule has 6 nitrogen and oxygen atoms in total. The normalized spacial score (nSPS) is 11.3. The lowest BCUT2D eigenvalue weighted by Gasteiger charge is -2.12. The van der Waals surface area contributed by atoms with Gasteiger partial charge in [0.05, 0.1) is 29.1 Å². The first-order valence-electron chi connectivity index (χ1n) is 9.02. The molecule has 8 heteroatoms. The van der Waals surface area contributed by atoms with Crippen molar-refractivity contribution in [2.24, 2.45) is 0 Å². The van der Waals surface area contributed by atoms with Gasteiger partial charge in [0.2, 0.25) is 0 Å². The van der Waals surface area contributed by atoms with Gasteiger partial charge >= 0.3 is 0 Å². The summed E-state index contributed by atoms with van der Waals surface area (Å²) in [6, 6.07) is 20.1. The summed E-state index contributed by atoms with van der Waals surface area (Å²) in [6.07, 6.45) is 1.54. The summed E-state index contributed by atoms with van der Waals surface area (Å²) >= 11 is 1.44. The number of thiophene rings is 1. The zero-order valence-corrected chi connectivity index (χ0v) is 17.3. The van der Waals surface area contributed by atoms with Gasteiger partial charge in [0.15, 0.2) is 0 Å². The second-order valence-corrected chi connectivity index (χ2v) is 8.73. The van der Waals surface area contributed by atoms with Crippen molar-refractivity contribution in [3.05, 3.63) is 78.3 Å². The van der Waals surface area contributed by atoms with Crippen LogP contribution in [0.5, 0.6) is 5.75 Å². The van der Waals surface area contributed by atoms with Crippen molar-refractivity contribution in [1.82, 2.24) is 9.78 Å². The highest BCUT2D eigenvalue weighted by Gasteiger charge is 2.25. The summed E-state index contributed by atoms with van der Waals surface area (Å²) in [6.45, 7) is 2.29. The van der Waals surface area contributed by atoms with Gasteiger partial charge in [-0.05, 0) is 42.6 Å². The van der Waals surface area contributed by atoms with Crippen molar-refractivity contribution < 1.29 is 13.2 Å². The van der Waals surface area contributed by atoms with E-state index in [1.165, 1.54) is 17.5 Å². The Hall–Kier alpha value is -3.10. The Bertz CT molecular complexity index is 1200. The molecule has 0 fully saturated rings. The Morgan fingerprint density at radius 2 is 1.79 bits per heavy atom. The minimum Gasteiger partial charge on any atom is -0.492 e. The van der Waals surface area contributed by atoms with Crippen molar-refractivity contribution in [1.29, 1.82) is 0 Å². The first kappa shape index (κ1) is 19.2. The van der Waals surface area contributed by atoms with Crippen LogP contribution in [0, 0.1) is 0 Å².